The minimum absolute atomic E-state index is 0.0637. The third kappa shape index (κ3) is 5.84. The van der Waals surface area contributed by atoms with E-state index in [2.05, 4.69) is 12.2 Å². The summed E-state index contributed by atoms with van der Waals surface area (Å²) in [5, 5.41) is 3.01. The van der Waals surface area contributed by atoms with Gasteiger partial charge >= 0.3 is 0 Å². The maximum absolute atomic E-state index is 13.4. The van der Waals surface area contributed by atoms with Crippen LogP contribution in [0.5, 0.6) is 5.75 Å². The number of ether oxygens (including phenoxy) is 1. The van der Waals surface area contributed by atoms with E-state index in [0.717, 1.165) is 29.7 Å². The summed E-state index contributed by atoms with van der Waals surface area (Å²) in [6, 6.07) is 13.7. The third-order valence-electron chi connectivity index (χ3n) is 5.86. The van der Waals surface area contributed by atoms with Crippen LogP contribution in [0.3, 0.4) is 0 Å². The molecule has 1 N–H and O–H groups in total. The van der Waals surface area contributed by atoms with Crippen LogP contribution in [0.1, 0.15) is 49.8 Å². The molecule has 2 unspecified atom stereocenters. The Hall–Kier alpha value is -2.89. The summed E-state index contributed by atoms with van der Waals surface area (Å²) in [7, 11) is 1.61. The van der Waals surface area contributed by atoms with E-state index in [0.29, 0.717) is 32.4 Å². The Bertz CT molecular complexity index is 885. The smallest absolute Gasteiger partial charge is 0.225 e. The van der Waals surface area contributed by atoms with Crippen LogP contribution in [0.15, 0.2) is 48.5 Å². The van der Waals surface area contributed by atoms with E-state index >= 15 is 0 Å². The molecule has 1 heterocycles. The number of methoxy groups -OCH3 is 1. The average Bonchev–Trinajstić information content (AvgIpc) is 2.78. The van der Waals surface area contributed by atoms with Crippen molar-refractivity contribution in [2.75, 3.05) is 20.2 Å². The lowest BCUT2D eigenvalue weighted by Gasteiger charge is -2.41. The highest BCUT2D eigenvalue weighted by atomic mass is 19.1. The Kier molecular flexibility index (Phi) is 8.04. The predicted molar refractivity (Wildman–Crippen MR) is 118 cm³/mol. The molecule has 5 nitrogen and oxygen atoms in total. The lowest BCUT2D eigenvalue weighted by Crippen LogP contribution is -2.48. The third-order valence-corrected chi connectivity index (χ3v) is 5.86. The quantitative estimate of drug-likeness (QED) is 0.651. The zero-order valence-electron chi connectivity index (χ0n) is 18.3. The number of carbonyl (C=O) groups excluding carboxylic acids is 2. The molecule has 2 atom stereocenters. The number of nitrogens with one attached hydrogen (secondary N) is 1. The molecular weight excluding hydrogens is 395 g/mol. The lowest BCUT2D eigenvalue weighted by molar-refractivity contribution is -0.143. The molecule has 0 aromatic heterocycles. The van der Waals surface area contributed by atoms with Crippen LogP contribution < -0.4 is 10.1 Å². The number of unbranched alkanes of at least 4 members (excludes halogenated alkanes) is 1. The number of hydrogen-bond donors (Lipinski definition) is 1. The molecule has 0 radical (unpaired) electrons. The minimum atomic E-state index is -0.324. The van der Waals surface area contributed by atoms with E-state index in [9.17, 15) is 14.0 Å². The maximum atomic E-state index is 13.4. The molecule has 0 aliphatic carbocycles. The van der Waals surface area contributed by atoms with Crippen molar-refractivity contribution in [3.05, 3.63) is 65.5 Å². The van der Waals surface area contributed by atoms with Crippen molar-refractivity contribution < 1.29 is 18.7 Å². The second-order valence-electron chi connectivity index (χ2n) is 7.97. The zero-order chi connectivity index (χ0) is 22.2. The van der Waals surface area contributed by atoms with Gasteiger partial charge in [-0.1, -0.05) is 37.6 Å². The first-order chi connectivity index (χ1) is 15.0. The van der Waals surface area contributed by atoms with Crippen molar-refractivity contribution in [3.63, 3.8) is 0 Å². The molecule has 1 aliphatic heterocycles. The Morgan fingerprint density at radius 3 is 2.68 bits per heavy atom. The van der Waals surface area contributed by atoms with E-state index in [1.807, 2.05) is 35.2 Å². The van der Waals surface area contributed by atoms with Gasteiger partial charge in [-0.15, -0.1) is 0 Å². The fourth-order valence-electron chi connectivity index (χ4n) is 4.19. The number of hydrogen-bond acceptors (Lipinski definition) is 3. The summed E-state index contributed by atoms with van der Waals surface area (Å²) in [5.41, 5.74) is 1.78. The van der Waals surface area contributed by atoms with Gasteiger partial charge in [0, 0.05) is 19.5 Å². The fraction of sp³-hybridized carbons (Fsp3) is 0.440. The van der Waals surface area contributed by atoms with Gasteiger partial charge in [-0.2, -0.15) is 0 Å². The largest absolute Gasteiger partial charge is 0.497 e. The topological polar surface area (TPSA) is 58.6 Å². The second-order valence-corrected chi connectivity index (χ2v) is 7.97. The molecule has 31 heavy (non-hydrogen) atoms. The number of rotatable bonds is 9. The molecule has 1 fully saturated rings. The first-order valence-corrected chi connectivity index (χ1v) is 11.0. The zero-order valence-corrected chi connectivity index (χ0v) is 18.3. The van der Waals surface area contributed by atoms with Crippen LogP contribution in [-0.2, 0) is 16.0 Å². The van der Waals surface area contributed by atoms with E-state index in [4.69, 9.17) is 4.74 Å². The molecule has 6 heteroatoms. The van der Waals surface area contributed by atoms with Crippen molar-refractivity contribution in [3.8, 4) is 5.75 Å². The van der Waals surface area contributed by atoms with Crippen molar-refractivity contribution >= 4 is 11.8 Å². The minimum Gasteiger partial charge on any atom is -0.497 e. The van der Waals surface area contributed by atoms with Crippen LogP contribution in [-0.4, -0.2) is 36.9 Å². The molecular formula is C25H31FN2O3. The van der Waals surface area contributed by atoms with Gasteiger partial charge < -0.3 is 15.0 Å². The summed E-state index contributed by atoms with van der Waals surface area (Å²) in [6.07, 6.45) is 3.32. The van der Waals surface area contributed by atoms with Crippen LogP contribution >= 0.6 is 0 Å². The monoisotopic (exact) mass is 426 g/mol. The molecule has 0 saturated carbocycles. The van der Waals surface area contributed by atoms with E-state index in [1.165, 1.54) is 12.1 Å². The Labute approximate surface area is 183 Å². The highest BCUT2D eigenvalue weighted by molar-refractivity contribution is 5.85. The second kappa shape index (κ2) is 10.9. The summed E-state index contributed by atoms with van der Waals surface area (Å²) in [5.74, 6) is 0.169. The van der Waals surface area contributed by atoms with Gasteiger partial charge in [0.05, 0.1) is 19.1 Å². The maximum Gasteiger partial charge on any atom is 0.225 e. The highest BCUT2D eigenvalue weighted by Gasteiger charge is 2.40. The molecule has 0 bridgehead atoms. The summed E-state index contributed by atoms with van der Waals surface area (Å²) < 4.78 is 18.6. The van der Waals surface area contributed by atoms with Crippen LogP contribution in [0.4, 0.5) is 4.39 Å². The van der Waals surface area contributed by atoms with E-state index < -0.39 is 0 Å². The lowest BCUT2D eigenvalue weighted by atomic mass is 9.83. The number of likely N-dealkylation sites (tertiary alicyclic amines) is 1. The summed E-state index contributed by atoms with van der Waals surface area (Å²) >= 11 is 0. The molecule has 2 amide bonds. The molecule has 1 saturated heterocycles. The molecule has 1 aliphatic rings. The van der Waals surface area contributed by atoms with Crippen LogP contribution in [0.25, 0.3) is 0 Å². The van der Waals surface area contributed by atoms with Gasteiger partial charge in [-0.25, -0.2) is 4.39 Å². The standard InChI is InChI=1S/C25H31FN2O3/c1-3-4-16-28-23(29)13-12-22(24(28)19-8-10-21(31-2)11-9-19)25(30)27-15-14-18-6-5-7-20(26)17-18/h5-11,17,22,24H,3-4,12-16H2,1-2H3,(H,27,30). The number of benzene rings is 2. The van der Waals surface area contributed by atoms with E-state index in [-0.39, 0.29) is 29.6 Å². The number of nitrogens with zero attached hydrogens (tertiary/aromatic N) is 1. The Morgan fingerprint density at radius 2 is 2.00 bits per heavy atom. The molecule has 3 rings (SSSR count). The van der Waals surface area contributed by atoms with Gasteiger partial charge in [-0.05, 0) is 54.7 Å². The number of piperidine rings is 1. The molecule has 166 valence electrons. The molecule has 2 aromatic rings. The number of carbonyl (C=O) groups is 2. The predicted octanol–water partition coefficient (Wildman–Crippen LogP) is 4.27. The Morgan fingerprint density at radius 1 is 1.23 bits per heavy atom. The van der Waals surface area contributed by atoms with Crippen LogP contribution in [0.2, 0.25) is 0 Å². The van der Waals surface area contributed by atoms with Crippen molar-refractivity contribution in [1.82, 2.24) is 10.2 Å². The fourth-order valence-corrected chi connectivity index (χ4v) is 4.19. The number of amides is 2. The molecule has 0 spiro atoms. The summed E-state index contributed by atoms with van der Waals surface area (Å²) in [6.45, 7) is 3.16. The van der Waals surface area contributed by atoms with Gasteiger partial charge in [0.2, 0.25) is 11.8 Å². The normalized spacial score (nSPS) is 18.7. The summed E-state index contributed by atoms with van der Waals surface area (Å²) in [4.78, 5) is 27.7. The number of halogens is 1. The average molecular weight is 427 g/mol. The van der Waals surface area contributed by atoms with Crippen molar-refractivity contribution in [1.29, 1.82) is 0 Å². The van der Waals surface area contributed by atoms with Crippen LogP contribution in [0, 0.1) is 11.7 Å². The first kappa shape index (κ1) is 22.8. The first-order valence-electron chi connectivity index (χ1n) is 11.0. The van der Waals surface area contributed by atoms with E-state index in [1.54, 1.807) is 13.2 Å². The van der Waals surface area contributed by atoms with Crippen molar-refractivity contribution in [2.45, 2.75) is 45.1 Å². The van der Waals surface area contributed by atoms with Gasteiger partial charge in [0.1, 0.15) is 11.6 Å². The van der Waals surface area contributed by atoms with Gasteiger partial charge in [0.25, 0.3) is 0 Å². The highest BCUT2D eigenvalue weighted by Crippen LogP contribution is 2.37. The van der Waals surface area contributed by atoms with Gasteiger partial charge in [-0.3, -0.25) is 9.59 Å². The van der Waals surface area contributed by atoms with Gasteiger partial charge in [0.15, 0.2) is 0 Å². The Balaban J connectivity index is 1.75. The van der Waals surface area contributed by atoms with Crippen molar-refractivity contribution in [2.24, 2.45) is 5.92 Å². The SMILES string of the molecule is CCCCN1C(=O)CCC(C(=O)NCCc2cccc(F)c2)C1c1ccc(OC)cc1. The molecule has 2 aromatic carbocycles.